The molecule has 6 rings (SSSR count). The first-order valence-electron chi connectivity index (χ1n) is 15.8. The number of hydrogen-bond donors (Lipinski definition) is 2. The van der Waals surface area contributed by atoms with E-state index in [4.69, 9.17) is 16.3 Å². The molecule has 0 aromatic heterocycles. The van der Waals surface area contributed by atoms with E-state index in [1.165, 1.54) is 0 Å². The Hall–Kier alpha value is -4.75. The molecule has 1 heterocycles. The van der Waals surface area contributed by atoms with Crippen molar-refractivity contribution in [2.24, 2.45) is 0 Å². The van der Waals surface area contributed by atoms with Gasteiger partial charge in [0, 0.05) is 10.6 Å². The van der Waals surface area contributed by atoms with Gasteiger partial charge in [-0.3, -0.25) is 14.9 Å². The molecule has 0 bridgehead atoms. The Morgan fingerprint density at radius 3 is 2.02 bits per heavy atom. The minimum Gasteiger partial charge on any atom is -0.480 e. The summed E-state index contributed by atoms with van der Waals surface area (Å²) >= 11 is 6.67. The molecular weight excluding hydrogens is 608 g/mol. The molecule has 5 aromatic rings. The van der Waals surface area contributed by atoms with Crippen LogP contribution in [0.1, 0.15) is 52.8 Å². The number of nitrogens with zero attached hydrogens (tertiary/aromatic N) is 1. The number of carbonyl (C=O) groups excluding carboxylic acids is 1. The van der Waals surface area contributed by atoms with Crippen molar-refractivity contribution in [3.63, 3.8) is 0 Å². The van der Waals surface area contributed by atoms with Crippen molar-refractivity contribution in [1.82, 2.24) is 5.32 Å². The Labute approximate surface area is 280 Å². The number of benzene rings is 5. The minimum atomic E-state index is -2.01. The summed E-state index contributed by atoms with van der Waals surface area (Å²) in [5.74, 6) is -1.67. The van der Waals surface area contributed by atoms with Crippen LogP contribution in [0.3, 0.4) is 0 Å². The number of carboxylic acid groups (broad SMARTS) is 1. The normalized spacial score (nSPS) is 17.0. The van der Waals surface area contributed by atoms with Crippen molar-refractivity contribution in [3.05, 3.63) is 172 Å². The summed E-state index contributed by atoms with van der Waals surface area (Å²) in [5.41, 5.74) is 1.43. The van der Waals surface area contributed by atoms with Crippen molar-refractivity contribution in [3.8, 4) is 0 Å². The summed E-state index contributed by atoms with van der Waals surface area (Å²) in [6, 6.07) is 41.3. The molecule has 0 aliphatic carbocycles. The smallest absolute Gasteiger partial charge is 0.327 e. The second-order valence-electron chi connectivity index (χ2n) is 11.9. The average Bonchev–Trinajstić information content (AvgIpc) is 3.32. The number of hydrogen-bond acceptors (Lipinski definition) is 4. The van der Waals surface area contributed by atoms with Gasteiger partial charge in [-0.05, 0) is 59.4 Å². The Kier molecular flexibility index (Phi) is 9.28. The zero-order chi connectivity index (χ0) is 33.0. The summed E-state index contributed by atoms with van der Waals surface area (Å²) in [5, 5.41) is 15.4. The molecule has 1 aliphatic heterocycles. The molecule has 238 valence electrons. The van der Waals surface area contributed by atoms with Gasteiger partial charge in [0.05, 0.1) is 24.9 Å². The number of aryl methyl sites for hydroxylation is 1. The molecule has 2 atom stereocenters. The van der Waals surface area contributed by atoms with Gasteiger partial charge in [-0.25, -0.2) is 0 Å². The zero-order valence-corrected chi connectivity index (χ0v) is 27.2. The van der Waals surface area contributed by atoms with Crippen molar-refractivity contribution in [2.45, 2.75) is 50.6 Å². The van der Waals surface area contributed by atoms with Gasteiger partial charge in [0.1, 0.15) is 0 Å². The van der Waals surface area contributed by atoms with E-state index in [1.807, 2.05) is 122 Å². The number of ether oxygens (including phenoxy) is 1. The number of amides is 1. The average molecular weight is 645 g/mol. The monoisotopic (exact) mass is 644 g/mol. The molecule has 2 unspecified atom stereocenters. The highest BCUT2D eigenvalue weighted by Gasteiger charge is 2.68. The molecule has 0 saturated heterocycles. The summed E-state index contributed by atoms with van der Waals surface area (Å²) in [6.07, 6.45) is 0.0170. The van der Waals surface area contributed by atoms with E-state index in [2.05, 4.69) is 5.32 Å². The molecule has 47 heavy (non-hydrogen) atoms. The Morgan fingerprint density at radius 1 is 0.872 bits per heavy atom. The third kappa shape index (κ3) is 5.85. The van der Waals surface area contributed by atoms with Crippen molar-refractivity contribution in [2.75, 3.05) is 4.90 Å². The highest BCUT2D eigenvalue weighted by molar-refractivity contribution is 6.31. The van der Waals surface area contributed by atoms with Gasteiger partial charge in [0.2, 0.25) is 5.60 Å². The van der Waals surface area contributed by atoms with Crippen molar-refractivity contribution < 1.29 is 19.4 Å². The molecule has 0 fully saturated rings. The first-order valence-corrected chi connectivity index (χ1v) is 16.1. The highest BCUT2D eigenvalue weighted by Crippen LogP contribution is 2.53. The molecule has 0 saturated carbocycles. The standard InChI is InChI=1S/C40H37ClN2O4/c1-3-39(38(45)46,42-36(30-18-9-5-10-19-30)31-20-11-6-12-21-31)40(47-27-32-22-14-13-15-28(32)2)34-25-33(41)23-24-35(34)43(37(40)44)26-29-16-7-4-8-17-29/h4-25,36,42H,3,26-27H2,1-2H3,(H,45,46). The molecule has 6 nitrogen and oxygen atoms in total. The molecule has 0 radical (unpaired) electrons. The Morgan fingerprint density at radius 2 is 1.45 bits per heavy atom. The van der Waals surface area contributed by atoms with Gasteiger partial charge in [0.25, 0.3) is 5.91 Å². The lowest BCUT2D eigenvalue weighted by Gasteiger charge is -2.46. The second-order valence-corrected chi connectivity index (χ2v) is 12.3. The zero-order valence-electron chi connectivity index (χ0n) is 26.4. The second kappa shape index (κ2) is 13.5. The fraction of sp³-hybridized carbons (Fsp3) is 0.200. The fourth-order valence-corrected chi connectivity index (χ4v) is 6.88. The number of anilines is 1. The summed E-state index contributed by atoms with van der Waals surface area (Å²) < 4.78 is 6.92. The van der Waals surface area contributed by atoms with Gasteiger partial charge >= 0.3 is 5.97 Å². The lowest BCUT2D eigenvalue weighted by Crippen LogP contribution is -2.70. The van der Waals surface area contributed by atoms with Gasteiger partial charge in [0.15, 0.2) is 5.54 Å². The van der Waals surface area contributed by atoms with Gasteiger partial charge in [-0.1, -0.05) is 134 Å². The van der Waals surface area contributed by atoms with Crippen LogP contribution in [-0.2, 0) is 33.1 Å². The maximum Gasteiger partial charge on any atom is 0.327 e. The Balaban J connectivity index is 1.60. The van der Waals surface area contributed by atoms with Crippen molar-refractivity contribution >= 4 is 29.2 Å². The van der Waals surface area contributed by atoms with Crippen molar-refractivity contribution in [1.29, 1.82) is 0 Å². The van der Waals surface area contributed by atoms with Gasteiger partial charge in [-0.2, -0.15) is 0 Å². The third-order valence-electron chi connectivity index (χ3n) is 9.22. The maximum absolute atomic E-state index is 15.3. The molecule has 7 heteroatoms. The lowest BCUT2D eigenvalue weighted by atomic mass is 9.72. The number of aliphatic carboxylic acids is 1. The van der Waals surface area contributed by atoms with Crippen LogP contribution in [0.15, 0.2) is 133 Å². The predicted octanol–water partition coefficient (Wildman–Crippen LogP) is 8.22. The number of nitrogens with one attached hydrogen (secondary N) is 1. The van der Waals surface area contributed by atoms with Gasteiger partial charge in [-0.15, -0.1) is 0 Å². The topological polar surface area (TPSA) is 78.9 Å². The summed E-state index contributed by atoms with van der Waals surface area (Å²) in [4.78, 5) is 31.0. The molecule has 2 N–H and O–H groups in total. The SMILES string of the molecule is CCC(NC(c1ccccc1)c1ccccc1)(C(=O)O)C1(OCc2ccccc2C)C(=O)N(Cc2ccccc2)c2ccc(Cl)cc21. The lowest BCUT2D eigenvalue weighted by molar-refractivity contribution is -0.181. The number of rotatable bonds is 12. The maximum atomic E-state index is 15.3. The first kappa shape index (κ1) is 32.2. The Bertz CT molecular complexity index is 1830. The van der Waals surface area contributed by atoms with Crippen LogP contribution in [0, 0.1) is 6.92 Å². The van der Waals surface area contributed by atoms with Crippen LogP contribution in [-0.4, -0.2) is 22.5 Å². The summed E-state index contributed by atoms with van der Waals surface area (Å²) in [6.45, 7) is 3.98. The number of carboxylic acids is 1. The molecule has 5 aromatic carbocycles. The minimum absolute atomic E-state index is 0.00158. The highest BCUT2D eigenvalue weighted by atomic mass is 35.5. The summed E-state index contributed by atoms with van der Waals surface area (Å²) in [7, 11) is 0. The van der Waals surface area contributed by atoms with Gasteiger partial charge < -0.3 is 14.7 Å². The molecule has 0 spiro atoms. The van der Waals surface area contributed by atoms with E-state index in [9.17, 15) is 9.90 Å². The van der Waals surface area contributed by atoms with Crippen LogP contribution in [0.5, 0.6) is 0 Å². The van der Waals surface area contributed by atoms with Crippen LogP contribution in [0.25, 0.3) is 0 Å². The van der Waals surface area contributed by atoms with E-state index in [-0.39, 0.29) is 19.6 Å². The molecule has 1 aliphatic rings. The number of carbonyl (C=O) groups is 2. The fourth-order valence-electron chi connectivity index (χ4n) is 6.71. The predicted molar refractivity (Wildman–Crippen MR) is 185 cm³/mol. The number of halogens is 1. The van der Waals surface area contributed by atoms with E-state index in [0.717, 1.165) is 27.8 Å². The van der Waals surface area contributed by atoms with E-state index < -0.39 is 29.1 Å². The number of fused-ring (bicyclic) bond motifs is 1. The quantitative estimate of drug-likeness (QED) is 0.143. The third-order valence-corrected chi connectivity index (χ3v) is 9.45. The largest absolute Gasteiger partial charge is 0.480 e. The molecule has 1 amide bonds. The van der Waals surface area contributed by atoms with E-state index in [1.54, 1.807) is 30.0 Å². The first-order chi connectivity index (χ1) is 22.8. The molecular formula is C40H37ClN2O4. The van der Waals surface area contributed by atoms with Crippen LogP contribution >= 0.6 is 11.6 Å². The van der Waals surface area contributed by atoms with Crippen LogP contribution < -0.4 is 10.2 Å². The van der Waals surface area contributed by atoms with Crippen LogP contribution in [0.4, 0.5) is 5.69 Å². The van der Waals surface area contributed by atoms with E-state index >= 15 is 4.79 Å². The van der Waals surface area contributed by atoms with E-state index in [0.29, 0.717) is 16.3 Å². The van der Waals surface area contributed by atoms with Crippen LogP contribution in [0.2, 0.25) is 5.02 Å².